The lowest BCUT2D eigenvalue weighted by atomic mass is 10.1. The quantitative estimate of drug-likeness (QED) is 0.859. The van der Waals surface area contributed by atoms with E-state index in [-0.39, 0.29) is 23.8 Å². The largest absolute Gasteiger partial charge is 0.332 e. The topological polar surface area (TPSA) is 36.4 Å². The van der Waals surface area contributed by atoms with Crippen LogP contribution in [0.2, 0.25) is 0 Å². The molecule has 5 heteroatoms. The van der Waals surface area contributed by atoms with Crippen LogP contribution in [0.25, 0.3) is 0 Å². The molecule has 0 bridgehead atoms. The Kier molecular flexibility index (Phi) is 4.25. The Morgan fingerprint density at radius 1 is 1.12 bits per heavy atom. The van der Waals surface area contributed by atoms with Crippen LogP contribution in [0, 0.1) is 12.7 Å². The highest BCUT2D eigenvalue weighted by molar-refractivity contribution is 5.80. The molecule has 130 valence electrons. The Hall–Kier alpha value is -2.27. The number of fused-ring (bicyclic) bond motifs is 1. The third-order valence-corrected chi connectivity index (χ3v) is 5.31. The van der Waals surface area contributed by atoms with Gasteiger partial charge >= 0.3 is 0 Å². The molecule has 25 heavy (non-hydrogen) atoms. The minimum atomic E-state index is -0.212. The standard InChI is InChI=1S/C20H22FN3O/c1-14-3-2-4-17(22-14)13-24-18-9-10-23(19(18)11-20(24)25)12-15-5-7-16(21)8-6-15/h2-8,18-19H,9-13H2,1H3/t18-,19-/m0/s1. The molecular formula is C20H22FN3O. The van der Waals surface area contributed by atoms with Gasteiger partial charge in [0, 0.05) is 37.3 Å². The van der Waals surface area contributed by atoms with Gasteiger partial charge in [0.1, 0.15) is 5.82 Å². The fourth-order valence-electron chi connectivity index (χ4n) is 4.10. The van der Waals surface area contributed by atoms with E-state index in [4.69, 9.17) is 0 Å². The maximum Gasteiger partial charge on any atom is 0.224 e. The van der Waals surface area contributed by atoms with Crippen LogP contribution in [-0.4, -0.2) is 39.3 Å². The first-order chi connectivity index (χ1) is 12.1. The van der Waals surface area contributed by atoms with E-state index in [1.165, 1.54) is 12.1 Å². The number of aromatic nitrogens is 1. The molecule has 2 fully saturated rings. The highest BCUT2D eigenvalue weighted by Crippen LogP contribution is 2.34. The second-order valence-corrected chi connectivity index (χ2v) is 7.02. The van der Waals surface area contributed by atoms with Gasteiger partial charge in [-0.3, -0.25) is 14.7 Å². The van der Waals surface area contributed by atoms with Crippen LogP contribution in [0.4, 0.5) is 4.39 Å². The molecule has 0 N–H and O–H groups in total. The number of carbonyl (C=O) groups is 1. The minimum Gasteiger partial charge on any atom is -0.332 e. The Balaban J connectivity index is 1.46. The van der Waals surface area contributed by atoms with Crippen LogP contribution in [0.15, 0.2) is 42.5 Å². The molecule has 2 aliphatic heterocycles. The van der Waals surface area contributed by atoms with Gasteiger partial charge in [0.25, 0.3) is 0 Å². The van der Waals surface area contributed by atoms with E-state index in [0.29, 0.717) is 13.0 Å². The van der Waals surface area contributed by atoms with Gasteiger partial charge in [-0.05, 0) is 43.2 Å². The fourth-order valence-corrected chi connectivity index (χ4v) is 4.10. The van der Waals surface area contributed by atoms with Crippen molar-refractivity contribution in [3.05, 3.63) is 65.2 Å². The molecule has 2 saturated heterocycles. The molecule has 0 spiro atoms. The van der Waals surface area contributed by atoms with Crippen LogP contribution in [-0.2, 0) is 17.9 Å². The van der Waals surface area contributed by atoms with Crippen molar-refractivity contribution in [2.75, 3.05) is 6.54 Å². The van der Waals surface area contributed by atoms with Crippen molar-refractivity contribution < 1.29 is 9.18 Å². The van der Waals surface area contributed by atoms with Crippen LogP contribution >= 0.6 is 0 Å². The number of likely N-dealkylation sites (tertiary alicyclic amines) is 2. The summed E-state index contributed by atoms with van der Waals surface area (Å²) in [5.41, 5.74) is 3.02. The lowest BCUT2D eigenvalue weighted by Gasteiger charge is -2.25. The predicted octanol–water partition coefficient (Wildman–Crippen LogP) is 2.90. The second-order valence-electron chi connectivity index (χ2n) is 7.02. The summed E-state index contributed by atoms with van der Waals surface area (Å²) in [6.45, 7) is 4.30. The molecule has 0 radical (unpaired) electrons. The van der Waals surface area contributed by atoms with E-state index >= 15 is 0 Å². The summed E-state index contributed by atoms with van der Waals surface area (Å²) < 4.78 is 13.1. The lowest BCUT2D eigenvalue weighted by molar-refractivity contribution is -0.129. The van der Waals surface area contributed by atoms with Gasteiger partial charge in [-0.25, -0.2) is 4.39 Å². The molecule has 0 saturated carbocycles. The van der Waals surface area contributed by atoms with Crippen molar-refractivity contribution in [2.45, 2.75) is 44.9 Å². The molecule has 1 aromatic heterocycles. The van der Waals surface area contributed by atoms with Gasteiger partial charge in [-0.15, -0.1) is 0 Å². The maximum atomic E-state index is 13.1. The average Bonchev–Trinajstić information content (AvgIpc) is 3.10. The van der Waals surface area contributed by atoms with E-state index in [1.807, 2.05) is 42.2 Å². The number of pyridine rings is 1. The number of carbonyl (C=O) groups excluding carboxylic acids is 1. The normalized spacial score (nSPS) is 23.3. The molecular weight excluding hydrogens is 317 g/mol. The Labute approximate surface area is 147 Å². The molecule has 0 unspecified atom stereocenters. The monoisotopic (exact) mass is 339 g/mol. The molecule has 4 nitrogen and oxygen atoms in total. The molecule has 2 atom stereocenters. The number of hydrogen-bond acceptors (Lipinski definition) is 3. The summed E-state index contributed by atoms with van der Waals surface area (Å²) in [5, 5.41) is 0. The van der Waals surface area contributed by atoms with Crippen molar-refractivity contribution in [3.8, 4) is 0 Å². The highest BCUT2D eigenvalue weighted by Gasteiger charge is 2.46. The lowest BCUT2D eigenvalue weighted by Crippen LogP contribution is -2.36. The van der Waals surface area contributed by atoms with Crippen LogP contribution in [0.1, 0.15) is 29.8 Å². The predicted molar refractivity (Wildman–Crippen MR) is 93.1 cm³/mol. The van der Waals surface area contributed by atoms with E-state index in [2.05, 4.69) is 9.88 Å². The van der Waals surface area contributed by atoms with Crippen LogP contribution < -0.4 is 0 Å². The van der Waals surface area contributed by atoms with E-state index < -0.39 is 0 Å². The zero-order chi connectivity index (χ0) is 17.4. The summed E-state index contributed by atoms with van der Waals surface area (Å²) in [4.78, 5) is 21.4. The molecule has 4 rings (SSSR count). The number of amides is 1. The first-order valence-electron chi connectivity index (χ1n) is 8.80. The third-order valence-electron chi connectivity index (χ3n) is 5.31. The second kappa shape index (κ2) is 6.56. The first kappa shape index (κ1) is 16.2. The fraction of sp³-hybridized carbons (Fsp3) is 0.400. The van der Waals surface area contributed by atoms with Gasteiger partial charge in [-0.1, -0.05) is 18.2 Å². The van der Waals surface area contributed by atoms with Crippen molar-refractivity contribution >= 4 is 5.91 Å². The van der Waals surface area contributed by atoms with Gasteiger partial charge in [-0.2, -0.15) is 0 Å². The van der Waals surface area contributed by atoms with Gasteiger partial charge < -0.3 is 4.90 Å². The summed E-state index contributed by atoms with van der Waals surface area (Å²) in [7, 11) is 0. The molecule has 2 aliphatic rings. The SMILES string of the molecule is Cc1cccc(CN2C(=O)C[C@H]3[C@@H]2CCN3Cc2ccc(F)cc2)n1. The summed E-state index contributed by atoms with van der Waals surface area (Å²) in [5.74, 6) is -0.00182. The zero-order valence-electron chi connectivity index (χ0n) is 14.4. The van der Waals surface area contributed by atoms with E-state index in [0.717, 1.165) is 36.5 Å². The Morgan fingerprint density at radius 3 is 2.68 bits per heavy atom. The Bertz CT molecular complexity index is 777. The molecule has 0 aliphatic carbocycles. The van der Waals surface area contributed by atoms with Gasteiger partial charge in [0.05, 0.1) is 12.2 Å². The van der Waals surface area contributed by atoms with Gasteiger partial charge in [0.2, 0.25) is 5.91 Å². The smallest absolute Gasteiger partial charge is 0.224 e. The van der Waals surface area contributed by atoms with Crippen LogP contribution in [0.3, 0.4) is 0 Å². The zero-order valence-corrected chi connectivity index (χ0v) is 14.4. The molecule has 1 amide bonds. The highest BCUT2D eigenvalue weighted by atomic mass is 19.1. The number of nitrogens with zero attached hydrogens (tertiary/aromatic N) is 3. The number of aryl methyl sites for hydroxylation is 1. The van der Waals surface area contributed by atoms with Gasteiger partial charge in [0.15, 0.2) is 0 Å². The van der Waals surface area contributed by atoms with E-state index in [1.54, 1.807) is 0 Å². The van der Waals surface area contributed by atoms with Crippen molar-refractivity contribution in [3.63, 3.8) is 0 Å². The number of rotatable bonds is 4. The minimum absolute atomic E-state index is 0.210. The van der Waals surface area contributed by atoms with Crippen LogP contribution in [0.5, 0.6) is 0 Å². The third kappa shape index (κ3) is 3.29. The number of halogens is 1. The van der Waals surface area contributed by atoms with Crippen molar-refractivity contribution in [1.29, 1.82) is 0 Å². The molecule has 2 aromatic rings. The number of hydrogen-bond donors (Lipinski definition) is 0. The maximum absolute atomic E-state index is 13.1. The Morgan fingerprint density at radius 2 is 1.92 bits per heavy atom. The summed E-state index contributed by atoms with van der Waals surface area (Å²) in [6, 6.07) is 13.1. The summed E-state index contributed by atoms with van der Waals surface area (Å²) >= 11 is 0. The van der Waals surface area contributed by atoms with Crippen molar-refractivity contribution in [1.82, 2.24) is 14.8 Å². The average molecular weight is 339 g/mol. The van der Waals surface area contributed by atoms with E-state index in [9.17, 15) is 9.18 Å². The first-order valence-corrected chi connectivity index (χ1v) is 8.80. The summed E-state index contributed by atoms with van der Waals surface area (Å²) in [6.07, 6.45) is 1.56. The molecule has 1 aromatic carbocycles. The van der Waals surface area contributed by atoms with Crippen molar-refractivity contribution in [2.24, 2.45) is 0 Å². The molecule has 3 heterocycles. The number of benzene rings is 1.